The highest BCUT2D eigenvalue weighted by atomic mass is 16.5. The summed E-state index contributed by atoms with van der Waals surface area (Å²) in [7, 11) is 6.06. The fraction of sp³-hybridized carbons (Fsp3) is 0.211. The Labute approximate surface area is 141 Å². The van der Waals surface area contributed by atoms with E-state index in [1.54, 1.807) is 32.4 Å². The van der Waals surface area contributed by atoms with E-state index in [-0.39, 0.29) is 0 Å². The smallest absolute Gasteiger partial charge is 0.341 e. The molecule has 0 saturated carbocycles. The summed E-state index contributed by atoms with van der Waals surface area (Å²) in [6.45, 7) is 0. The molecule has 2 aromatic rings. The number of carbonyl (C=O) groups excluding carboxylic acids is 1. The number of carbonyl (C=O) groups is 1. The van der Waals surface area contributed by atoms with Crippen molar-refractivity contribution < 1.29 is 23.7 Å². The fourth-order valence-corrected chi connectivity index (χ4v) is 2.22. The molecule has 2 aromatic carbocycles. The average molecular weight is 328 g/mol. The number of esters is 1. The van der Waals surface area contributed by atoms with Crippen LogP contribution in [0.3, 0.4) is 0 Å². The number of rotatable bonds is 6. The molecule has 5 heteroatoms. The molecule has 2 rings (SSSR count). The Bertz CT molecular complexity index is 727. The molecule has 0 bridgehead atoms. The Morgan fingerprint density at radius 2 is 1.42 bits per heavy atom. The Hall–Kier alpha value is -2.95. The zero-order valence-electron chi connectivity index (χ0n) is 14.2. The molecular weight excluding hydrogens is 308 g/mol. The third kappa shape index (κ3) is 4.07. The van der Waals surface area contributed by atoms with Crippen molar-refractivity contribution in [2.75, 3.05) is 28.4 Å². The van der Waals surface area contributed by atoms with Gasteiger partial charge in [-0.2, -0.15) is 0 Å². The summed E-state index contributed by atoms with van der Waals surface area (Å²) >= 11 is 0. The SMILES string of the molecule is COC(=O)c1cc(/C=C\c2cc(OC)cc(OC)c2)ccc1OC. The molecule has 0 spiro atoms. The van der Waals surface area contributed by atoms with Gasteiger partial charge < -0.3 is 18.9 Å². The summed E-state index contributed by atoms with van der Waals surface area (Å²) in [5.41, 5.74) is 2.14. The quantitative estimate of drug-likeness (QED) is 0.598. The van der Waals surface area contributed by atoms with Crippen molar-refractivity contribution >= 4 is 18.1 Å². The summed E-state index contributed by atoms with van der Waals surface area (Å²) in [6.07, 6.45) is 3.80. The zero-order valence-corrected chi connectivity index (χ0v) is 14.2. The van der Waals surface area contributed by atoms with Crippen LogP contribution in [0.4, 0.5) is 0 Å². The molecule has 24 heavy (non-hydrogen) atoms. The van der Waals surface area contributed by atoms with Crippen LogP contribution < -0.4 is 14.2 Å². The first-order valence-corrected chi connectivity index (χ1v) is 7.28. The van der Waals surface area contributed by atoms with Crippen molar-refractivity contribution in [3.8, 4) is 17.2 Å². The highest BCUT2D eigenvalue weighted by molar-refractivity contribution is 5.93. The van der Waals surface area contributed by atoms with Gasteiger partial charge in [-0.1, -0.05) is 18.2 Å². The number of hydrogen-bond acceptors (Lipinski definition) is 5. The van der Waals surface area contributed by atoms with Crippen molar-refractivity contribution in [1.82, 2.24) is 0 Å². The van der Waals surface area contributed by atoms with Gasteiger partial charge in [-0.25, -0.2) is 4.79 Å². The lowest BCUT2D eigenvalue weighted by Gasteiger charge is -2.08. The van der Waals surface area contributed by atoms with E-state index >= 15 is 0 Å². The summed E-state index contributed by atoms with van der Waals surface area (Å²) in [6, 6.07) is 10.9. The van der Waals surface area contributed by atoms with E-state index in [2.05, 4.69) is 0 Å². The van der Waals surface area contributed by atoms with Crippen LogP contribution in [0.5, 0.6) is 17.2 Å². The first-order chi connectivity index (χ1) is 11.6. The second-order valence-corrected chi connectivity index (χ2v) is 4.93. The van der Waals surface area contributed by atoms with Gasteiger partial charge in [0.2, 0.25) is 0 Å². The van der Waals surface area contributed by atoms with Crippen LogP contribution in [0, 0.1) is 0 Å². The van der Waals surface area contributed by atoms with E-state index in [4.69, 9.17) is 18.9 Å². The van der Waals surface area contributed by atoms with E-state index < -0.39 is 5.97 Å². The van der Waals surface area contributed by atoms with Crippen molar-refractivity contribution in [1.29, 1.82) is 0 Å². The van der Waals surface area contributed by atoms with Gasteiger partial charge >= 0.3 is 5.97 Å². The van der Waals surface area contributed by atoms with Crippen LogP contribution in [0.1, 0.15) is 21.5 Å². The van der Waals surface area contributed by atoms with E-state index in [1.807, 2.05) is 30.4 Å². The lowest BCUT2D eigenvalue weighted by atomic mass is 10.1. The molecule has 0 saturated heterocycles. The first-order valence-electron chi connectivity index (χ1n) is 7.28. The lowest BCUT2D eigenvalue weighted by Crippen LogP contribution is -2.04. The molecule has 5 nitrogen and oxygen atoms in total. The molecule has 0 atom stereocenters. The summed E-state index contributed by atoms with van der Waals surface area (Å²) in [5.74, 6) is 1.45. The molecule has 0 amide bonds. The third-order valence-electron chi connectivity index (χ3n) is 3.47. The number of ether oxygens (including phenoxy) is 4. The number of benzene rings is 2. The van der Waals surface area contributed by atoms with E-state index in [0.717, 1.165) is 11.1 Å². The van der Waals surface area contributed by atoms with Gasteiger partial charge in [-0.05, 0) is 35.4 Å². The zero-order chi connectivity index (χ0) is 17.5. The maximum Gasteiger partial charge on any atom is 0.341 e. The van der Waals surface area contributed by atoms with Gasteiger partial charge in [0.25, 0.3) is 0 Å². The Kier molecular flexibility index (Phi) is 5.84. The predicted octanol–water partition coefficient (Wildman–Crippen LogP) is 3.67. The van der Waals surface area contributed by atoms with E-state index in [9.17, 15) is 4.79 Å². The standard InChI is InChI=1S/C19H20O5/c1-21-15-9-14(10-16(12-15)22-2)6-5-13-7-8-18(23-3)17(11-13)19(20)24-4/h5-12H,1-4H3/b6-5-. The molecule has 0 heterocycles. The molecule has 0 unspecified atom stereocenters. The monoisotopic (exact) mass is 328 g/mol. The molecule has 0 N–H and O–H groups in total. The second kappa shape index (κ2) is 8.06. The molecule has 126 valence electrons. The fourth-order valence-electron chi connectivity index (χ4n) is 2.22. The molecule has 0 aliphatic rings. The minimum Gasteiger partial charge on any atom is -0.497 e. The van der Waals surface area contributed by atoms with Crippen molar-refractivity contribution in [2.24, 2.45) is 0 Å². The largest absolute Gasteiger partial charge is 0.497 e. The Morgan fingerprint density at radius 1 is 0.792 bits per heavy atom. The summed E-state index contributed by atoms with van der Waals surface area (Å²) in [4.78, 5) is 11.8. The van der Waals surface area contributed by atoms with Crippen molar-refractivity contribution in [3.63, 3.8) is 0 Å². The van der Waals surface area contributed by atoms with E-state index in [1.165, 1.54) is 14.2 Å². The van der Waals surface area contributed by atoms with Gasteiger partial charge in [0.15, 0.2) is 0 Å². The van der Waals surface area contributed by atoms with Gasteiger partial charge in [0, 0.05) is 6.07 Å². The van der Waals surface area contributed by atoms with Gasteiger partial charge in [-0.15, -0.1) is 0 Å². The lowest BCUT2D eigenvalue weighted by molar-refractivity contribution is 0.0597. The predicted molar refractivity (Wildman–Crippen MR) is 92.8 cm³/mol. The minimum absolute atomic E-state index is 0.380. The van der Waals surface area contributed by atoms with Crippen molar-refractivity contribution in [2.45, 2.75) is 0 Å². The van der Waals surface area contributed by atoms with Crippen LogP contribution in [0.25, 0.3) is 12.2 Å². The maximum absolute atomic E-state index is 11.8. The Morgan fingerprint density at radius 3 is 1.96 bits per heavy atom. The molecule has 0 aliphatic heterocycles. The second-order valence-electron chi connectivity index (χ2n) is 4.93. The van der Waals surface area contributed by atoms with Crippen molar-refractivity contribution in [3.05, 3.63) is 53.1 Å². The van der Waals surface area contributed by atoms with Gasteiger partial charge in [0.05, 0.1) is 28.4 Å². The third-order valence-corrected chi connectivity index (χ3v) is 3.47. The molecule has 0 aromatic heterocycles. The van der Waals surface area contributed by atoms with Crippen LogP contribution >= 0.6 is 0 Å². The summed E-state index contributed by atoms with van der Waals surface area (Å²) in [5, 5.41) is 0. The normalized spacial score (nSPS) is 10.5. The molecular formula is C19H20O5. The Balaban J connectivity index is 2.33. The summed E-state index contributed by atoms with van der Waals surface area (Å²) < 4.78 is 20.5. The van der Waals surface area contributed by atoms with Crippen LogP contribution in [0.15, 0.2) is 36.4 Å². The molecule has 0 aliphatic carbocycles. The van der Waals surface area contributed by atoms with Gasteiger partial charge in [-0.3, -0.25) is 0 Å². The topological polar surface area (TPSA) is 54.0 Å². The minimum atomic E-state index is -0.440. The molecule has 0 radical (unpaired) electrons. The van der Waals surface area contributed by atoms with Gasteiger partial charge in [0.1, 0.15) is 22.8 Å². The highest BCUT2D eigenvalue weighted by Crippen LogP contribution is 2.25. The number of methoxy groups -OCH3 is 4. The highest BCUT2D eigenvalue weighted by Gasteiger charge is 2.12. The van der Waals surface area contributed by atoms with Crippen LogP contribution in [-0.2, 0) is 4.74 Å². The maximum atomic E-state index is 11.8. The first kappa shape index (κ1) is 17.4. The molecule has 0 fully saturated rings. The van der Waals surface area contributed by atoms with Crippen LogP contribution in [-0.4, -0.2) is 34.4 Å². The van der Waals surface area contributed by atoms with Crippen LogP contribution in [0.2, 0.25) is 0 Å². The van der Waals surface area contributed by atoms with E-state index in [0.29, 0.717) is 22.8 Å². The average Bonchev–Trinajstić information content (AvgIpc) is 2.64. The number of hydrogen-bond donors (Lipinski definition) is 0.